The van der Waals surface area contributed by atoms with E-state index in [2.05, 4.69) is 17.9 Å². The lowest BCUT2D eigenvalue weighted by molar-refractivity contribution is 0.409. The van der Waals surface area contributed by atoms with Gasteiger partial charge in [0.05, 0.1) is 7.11 Å². The molecule has 0 bridgehead atoms. The van der Waals surface area contributed by atoms with E-state index in [0.717, 1.165) is 22.6 Å². The van der Waals surface area contributed by atoms with Crippen LogP contribution in [0.25, 0.3) is 0 Å². The van der Waals surface area contributed by atoms with E-state index in [9.17, 15) is 0 Å². The monoisotopic (exact) mass is 283 g/mol. The van der Waals surface area contributed by atoms with Crippen molar-refractivity contribution in [1.29, 1.82) is 5.41 Å². The predicted molar refractivity (Wildman–Crippen MR) is 87.3 cm³/mol. The number of hydrogen-bond donors (Lipinski definition) is 2. The van der Waals surface area contributed by atoms with Gasteiger partial charge in [0, 0.05) is 30.4 Å². The molecule has 0 fully saturated rings. The van der Waals surface area contributed by atoms with E-state index in [-0.39, 0.29) is 5.84 Å². The summed E-state index contributed by atoms with van der Waals surface area (Å²) >= 11 is 0. The summed E-state index contributed by atoms with van der Waals surface area (Å²) in [5.74, 6) is 0.946. The second-order valence-corrected chi connectivity index (χ2v) is 5.10. The minimum atomic E-state index is 0.0775. The van der Waals surface area contributed by atoms with Crippen molar-refractivity contribution in [2.75, 3.05) is 19.1 Å². The Morgan fingerprint density at radius 1 is 1.24 bits per heavy atom. The zero-order valence-corrected chi connectivity index (χ0v) is 12.7. The molecule has 2 rings (SSSR count). The molecular weight excluding hydrogens is 262 g/mol. The fraction of sp³-hybridized carbons (Fsp3) is 0.235. The van der Waals surface area contributed by atoms with E-state index in [0.29, 0.717) is 6.54 Å². The van der Waals surface area contributed by atoms with Crippen molar-refractivity contribution in [2.24, 2.45) is 5.73 Å². The number of para-hydroxylation sites is 1. The van der Waals surface area contributed by atoms with E-state index in [4.69, 9.17) is 15.9 Å². The molecule has 0 unspecified atom stereocenters. The summed E-state index contributed by atoms with van der Waals surface area (Å²) < 4.78 is 5.42. The lowest BCUT2D eigenvalue weighted by Gasteiger charge is -2.23. The predicted octanol–water partition coefficient (Wildman–Crippen LogP) is 2.92. The van der Waals surface area contributed by atoms with Gasteiger partial charge >= 0.3 is 0 Å². The Hall–Kier alpha value is -2.49. The molecule has 0 aliphatic carbocycles. The molecule has 0 spiro atoms. The Bertz CT molecular complexity index is 652. The van der Waals surface area contributed by atoms with Crippen molar-refractivity contribution in [3.05, 3.63) is 59.2 Å². The minimum Gasteiger partial charge on any atom is -0.496 e. The van der Waals surface area contributed by atoms with Crippen LogP contribution in [0.15, 0.2) is 42.5 Å². The highest BCUT2D eigenvalue weighted by Crippen LogP contribution is 2.25. The first-order valence-electron chi connectivity index (χ1n) is 6.81. The lowest BCUT2D eigenvalue weighted by Crippen LogP contribution is -2.22. The van der Waals surface area contributed by atoms with Crippen molar-refractivity contribution in [1.82, 2.24) is 0 Å². The van der Waals surface area contributed by atoms with E-state index in [1.165, 1.54) is 5.56 Å². The molecule has 0 aliphatic heterocycles. The van der Waals surface area contributed by atoms with Gasteiger partial charge in [-0.25, -0.2) is 0 Å². The van der Waals surface area contributed by atoms with Crippen LogP contribution in [-0.4, -0.2) is 20.0 Å². The number of ether oxygens (including phenoxy) is 1. The summed E-state index contributed by atoms with van der Waals surface area (Å²) in [6.45, 7) is 2.75. The molecule has 0 saturated carbocycles. The van der Waals surface area contributed by atoms with Gasteiger partial charge in [-0.3, -0.25) is 5.41 Å². The van der Waals surface area contributed by atoms with Crippen LogP contribution < -0.4 is 15.4 Å². The molecule has 0 saturated heterocycles. The van der Waals surface area contributed by atoms with Crippen molar-refractivity contribution in [2.45, 2.75) is 13.5 Å². The number of nitrogens with zero attached hydrogens (tertiary/aromatic N) is 1. The standard InChI is InChI=1S/C17H21N3O/c1-12-8-9-16(21-3)13(10-12)11-20(2)15-7-5-4-6-14(15)17(18)19/h4-10H,11H2,1-3H3,(H3,18,19). The van der Waals surface area contributed by atoms with Gasteiger partial charge in [-0.2, -0.15) is 0 Å². The Kier molecular flexibility index (Phi) is 4.48. The smallest absolute Gasteiger partial charge is 0.124 e. The van der Waals surface area contributed by atoms with Crippen LogP contribution in [0.4, 0.5) is 5.69 Å². The van der Waals surface area contributed by atoms with E-state index in [1.54, 1.807) is 7.11 Å². The molecule has 0 heterocycles. The molecule has 3 N–H and O–H groups in total. The number of nitrogens with two attached hydrogens (primary N) is 1. The van der Waals surface area contributed by atoms with Crippen LogP contribution in [0.1, 0.15) is 16.7 Å². The van der Waals surface area contributed by atoms with Crippen LogP contribution >= 0.6 is 0 Å². The molecule has 0 amide bonds. The number of hydrogen-bond acceptors (Lipinski definition) is 3. The minimum absolute atomic E-state index is 0.0775. The van der Waals surface area contributed by atoms with E-state index >= 15 is 0 Å². The maximum atomic E-state index is 7.69. The van der Waals surface area contributed by atoms with Gasteiger partial charge in [-0.05, 0) is 25.1 Å². The summed E-state index contributed by atoms with van der Waals surface area (Å²) in [4.78, 5) is 2.08. The van der Waals surface area contributed by atoms with Gasteiger partial charge in [0.25, 0.3) is 0 Å². The third kappa shape index (κ3) is 3.34. The summed E-state index contributed by atoms with van der Waals surface area (Å²) in [6, 6.07) is 13.8. The van der Waals surface area contributed by atoms with Gasteiger partial charge in [-0.1, -0.05) is 29.8 Å². The highest BCUT2D eigenvalue weighted by Gasteiger charge is 2.12. The molecule has 110 valence electrons. The van der Waals surface area contributed by atoms with Crippen LogP contribution in [0.5, 0.6) is 5.75 Å². The Balaban J connectivity index is 2.32. The Labute approximate surface area is 125 Å². The lowest BCUT2D eigenvalue weighted by atomic mass is 10.1. The SMILES string of the molecule is COc1ccc(C)cc1CN(C)c1ccccc1C(=N)N. The summed E-state index contributed by atoms with van der Waals surface area (Å²) in [5.41, 5.74) is 9.64. The quantitative estimate of drug-likeness (QED) is 0.655. The van der Waals surface area contributed by atoms with Crippen LogP contribution in [-0.2, 0) is 6.54 Å². The largest absolute Gasteiger partial charge is 0.496 e. The Morgan fingerprint density at radius 2 is 1.95 bits per heavy atom. The highest BCUT2D eigenvalue weighted by molar-refractivity contribution is 6.00. The third-order valence-corrected chi connectivity index (χ3v) is 3.45. The normalized spacial score (nSPS) is 10.2. The molecule has 2 aromatic rings. The molecule has 0 atom stereocenters. The van der Waals surface area contributed by atoms with Gasteiger partial charge in [0.1, 0.15) is 11.6 Å². The fourth-order valence-corrected chi connectivity index (χ4v) is 2.41. The number of aryl methyl sites for hydroxylation is 1. The van der Waals surface area contributed by atoms with Crippen molar-refractivity contribution in [3.8, 4) is 5.75 Å². The number of benzene rings is 2. The first-order valence-corrected chi connectivity index (χ1v) is 6.81. The first kappa shape index (κ1) is 14.9. The number of amidine groups is 1. The zero-order chi connectivity index (χ0) is 15.4. The maximum Gasteiger partial charge on any atom is 0.124 e. The van der Waals surface area contributed by atoms with Gasteiger partial charge < -0.3 is 15.4 Å². The summed E-state index contributed by atoms with van der Waals surface area (Å²) in [6.07, 6.45) is 0. The summed E-state index contributed by atoms with van der Waals surface area (Å²) in [5, 5.41) is 7.69. The van der Waals surface area contributed by atoms with Crippen LogP contribution in [0.2, 0.25) is 0 Å². The fourth-order valence-electron chi connectivity index (χ4n) is 2.41. The number of anilines is 1. The van der Waals surface area contributed by atoms with Crippen LogP contribution in [0.3, 0.4) is 0 Å². The topological polar surface area (TPSA) is 62.3 Å². The van der Waals surface area contributed by atoms with E-state index < -0.39 is 0 Å². The number of rotatable bonds is 5. The van der Waals surface area contributed by atoms with Gasteiger partial charge in [0.15, 0.2) is 0 Å². The molecular formula is C17H21N3O. The number of nitrogens with one attached hydrogen (secondary N) is 1. The third-order valence-electron chi connectivity index (χ3n) is 3.45. The molecule has 21 heavy (non-hydrogen) atoms. The second kappa shape index (κ2) is 6.31. The van der Waals surface area contributed by atoms with Crippen molar-refractivity contribution in [3.63, 3.8) is 0 Å². The maximum absolute atomic E-state index is 7.69. The van der Waals surface area contributed by atoms with Crippen molar-refractivity contribution >= 4 is 11.5 Å². The molecule has 0 aliphatic rings. The van der Waals surface area contributed by atoms with Crippen molar-refractivity contribution < 1.29 is 4.74 Å². The Morgan fingerprint density at radius 3 is 2.62 bits per heavy atom. The van der Waals surface area contributed by atoms with E-state index in [1.807, 2.05) is 43.4 Å². The number of methoxy groups -OCH3 is 1. The summed E-state index contributed by atoms with van der Waals surface area (Å²) in [7, 11) is 3.67. The average Bonchev–Trinajstić information content (AvgIpc) is 2.47. The van der Waals surface area contributed by atoms with Gasteiger partial charge in [-0.15, -0.1) is 0 Å². The zero-order valence-electron chi connectivity index (χ0n) is 12.7. The van der Waals surface area contributed by atoms with Crippen LogP contribution in [0, 0.1) is 12.3 Å². The molecule has 4 nitrogen and oxygen atoms in total. The highest BCUT2D eigenvalue weighted by atomic mass is 16.5. The van der Waals surface area contributed by atoms with Gasteiger partial charge in [0.2, 0.25) is 0 Å². The average molecular weight is 283 g/mol. The molecule has 0 aromatic heterocycles. The molecule has 2 aromatic carbocycles. The number of nitrogen functional groups attached to an aromatic ring is 1. The molecule has 4 heteroatoms. The first-order chi connectivity index (χ1) is 10.0. The second-order valence-electron chi connectivity index (χ2n) is 5.10. The molecule has 0 radical (unpaired) electrons.